The predicted molar refractivity (Wildman–Crippen MR) is 133 cm³/mol. The Morgan fingerprint density at radius 3 is 2.39 bits per heavy atom. The molecule has 3 aromatic carbocycles. The minimum Gasteiger partial charge on any atom is -0.497 e. The molecule has 0 aliphatic rings. The Kier molecular flexibility index (Phi) is 6.23. The number of carbonyl (C=O) groups is 1. The van der Waals surface area contributed by atoms with Gasteiger partial charge in [0.25, 0.3) is 5.91 Å². The van der Waals surface area contributed by atoms with Gasteiger partial charge in [-0.2, -0.15) is 0 Å². The van der Waals surface area contributed by atoms with Crippen LogP contribution in [0.4, 0.5) is 0 Å². The van der Waals surface area contributed by atoms with Crippen LogP contribution in [0, 0.1) is 27.7 Å². The summed E-state index contributed by atoms with van der Waals surface area (Å²) in [5, 5.41) is 3.13. The number of methoxy groups -OCH3 is 1. The van der Waals surface area contributed by atoms with Crippen LogP contribution in [0.25, 0.3) is 11.0 Å². The third kappa shape index (κ3) is 4.36. The normalized spacial score (nSPS) is 12.1. The molecule has 1 N–H and O–H groups in total. The SMILES string of the molecule is COc1cccc(C(=O)NC(C)c2nc3ccccc3n2Cc2c(C)c(C)cc(C)c2C)c1. The van der Waals surface area contributed by atoms with Crippen molar-refractivity contribution in [1.29, 1.82) is 0 Å². The summed E-state index contributed by atoms with van der Waals surface area (Å²) < 4.78 is 7.50. The number of nitrogens with zero attached hydrogens (tertiary/aromatic N) is 2. The van der Waals surface area contributed by atoms with E-state index in [2.05, 4.69) is 49.7 Å². The quantitative estimate of drug-likeness (QED) is 0.410. The van der Waals surface area contributed by atoms with Gasteiger partial charge in [-0.15, -0.1) is 0 Å². The lowest BCUT2D eigenvalue weighted by atomic mass is 9.94. The van der Waals surface area contributed by atoms with Crippen LogP contribution in [0.3, 0.4) is 0 Å². The Hall–Kier alpha value is -3.60. The molecule has 170 valence electrons. The van der Waals surface area contributed by atoms with Gasteiger partial charge in [0.1, 0.15) is 11.6 Å². The monoisotopic (exact) mass is 441 g/mol. The molecule has 0 aliphatic carbocycles. The van der Waals surface area contributed by atoms with E-state index >= 15 is 0 Å². The zero-order valence-corrected chi connectivity index (χ0v) is 20.2. The molecule has 0 spiro atoms. The first-order valence-electron chi connectivity index (χ1n) is 11.3. The van der Waals surface area contributed by atoms with Gasteiger partial charge in [-0.3, -0.25) is 4.79 Å². The first-order valence-corrected chi connectivity index (χ1v) is 11.3. The number of benzene rings is 3. The average molecular weight is 442 g/mol. The van der Waals surface area contributed by atoms with E-state index in [1.807, 2.05) is 37.3 Å². The number of carbonyl (C=O) groups excluding carboxylic acids is 1. The van der Waals surface area contributed by atoms with Crippen molar-refractivity contribution >= 4 is 16.9 Å². The van der Waals surface area contributed by atoms with Crippen LogP contribution in [0.2, 0.25) is 0 Å². The molecule has 1 unspecified atom stereocenters. The lowest BCUT2D eigenvalue weighted by Gasteiger charge is -2.20. The van der Waals surface area contributed by atoms with E-state index in [0.29, 0.717) is 17.9 Å². The number of nitrogens with one attached hydrogen (secondary N) is 1. The van der Waals surface area contributed by atoms with Crippen molar-refractivity contribution in [2.75, 3.05) is 7.11 Å². The number of amides is 1. The van der Waals surface area contributed by atoms with Crippen molar-refractivity contribution in [2.45, 2.75) is 47.2 Å². The van der Waals surface area contributed by atoms with Crippen molar-refractivity contribution in [1.82, 2.24) is 14.9 Å². The highest BCUT2D eigenvalue weighted by atomic mass is 16.5. The van der Waals surface area contributed by atoms with Crippen LogP contribution in [-0.4, -0.2) is 22.6 Å². The van der Waals surface area contributed by atoms with E-state index in [1.54, 1.807) is 19.2 Å². The summed E-state index contributed by atoms with van der Waals surface area (Å²) in [5.74, 6) is 1.34. The maximum atomic E-state index is 13.0. The molecule has 4 rings (SSSR count). The Morgan fingerprint density at radius 2 is 1.70 bits per heavy atom. The fraction of sp³-hybridized carbons (Fsp3) is 0.286. The molecule has 4 aromatic rings. The highest BCUT2D eigenvalue weighted by Crippen LogP contribution is 2.27. The first-order chi connectivity index (χ1) is 15.8. The summed E-state index contributed by atoms with van der Waals surface area (Å²) in [4.78, 5) is 17.9. The van der Waals surface area contributed by atoms with Gasteiger partial charge in [-0.25, -0.2) is 4.98 Å². The third-order valence-corrected chi connectivity index (χ3v) is 6.59. The van der Waals surface area contributed by atoms with Gasteiger partial charge in [0.15, 0.2) is 0 Å². The van der Waals surface area contributed by atoms with Crippen molar-refractivity contribution < 1.29 is 9.53 Å². The van der Waals surface area contributed by atoms with Crippen LogP contribution in [-0.2, 0) is 6.54 Å². The number of fused-ring (bicyclic) bond motifs is 1. The van der Waals surface area contributed by atoms with E-state index in [0.717, 1.165) is 16.9 Å². The van der Waals surface area contributed by atoms with Crippen molar-refractivity contribution in [3.05, 3.63) is 93.8 Å². The highest BCUT2D eigenvalue weighted by molar-refractivity contribution is 5.94. The second kappa shape index (κ2) is 9.10. The Morgan fingerprint density at radius 1 is 1.00 bits per heavy atom. The minimum absolute atomic E-state index is 0.154. The Bertz CT molecular complexity index is 1310. The molecule has 1 atom stereocenters. The smallest absolute Gasteiger partial charge is 0.251 e. The molecule has 1 heterocycles. The molecule has 1 amide bonds. The van der Waals surface area contributed by atoms with Gasteiger partial charge >= 0.3 is 0 Å². The molecule has 0 bridgehead atoms. The predicted octanol–water partition coefficient (Wildman–Crippen LogP) is 5.82. The van der Waals surface area contributed by atoms with Crippen molar-refractivity contribution in [2.24, 2.45) is 0 Å². The summed E-state index contributed by atoms with van der Waals surface area (Å²) in [7, 11) is 1.60. The molecule has 1 aromatic heterocycles. The van der Waals surface area contributed by atoms with E-state index in [9.17, 15) is 4.79 Å². The van der Waals surface area contributed by atoms with Crippen LogP contribution in [0.5, 0.6) is 5.75 Å². The number of aryl methyl sites for hydroxylation is 2. The molecule has 5 nitrogen and oxygen atoms in total. The number of para-hydroxylation sites is 2. The van der Waals surface area contributed by atoms with Crippen LogP contribution >= 0.6 is 0 Å². The number of ether oxygens (including phenoxy) is 1. The van der Waals surface area contributed by atoms with Crippen LogP contribution in [0.15, 0.2) is 54.6 Å². The zero-order valence-electron chi connectivity index (χ0n) is 20.2. The Labute approximate surface area is 195 Å². The number of rotatable bonds is 6. The standard InChI is InChI=1S/C28H31N3O2/c1-17-14-18(2)20(4)24(19(17)3)16-31-26-13-8-7-12-25(26)30-27(31)21(5)29-28(32)22-10-9-11-23(15-22)33-6/h7-15,21H,16H2,1-6H3,(H,29,32). The maximum absolute atomic E-state index is 13.0. The molecule has 33 heavy (non-hydrogen) atoms. The minimum atomic E-state index is -0.275. The van der Waals surface area contributed by atoms with Gasteiger partial charge in [-0.1, -0.05) is 24.3 Å². The Balaban J connectivity index is 1.73. The summed E-state index contributed by atoms with van der Waals surface area (Å²) >= 11 is 0. The van der Waals surface area contributed by atoms with Crippen LogP contribution < -0.4 is 10.1 Å². The molecular weight excluding hydrogens is 410 g/mol. The van der Waals surface area contributed by atoms with Gasteiger partial charge in [-0.05, 0) is 92.8 Å². The maximum Gasteiger partial charge on any atom is 0.251 e. The summed E-state index contributed by atoms with van der Waals surface area (Å²) in [6.45, 7) is 11.4. The second-order valence-corrected chi connectivity index (χ2v) is 8.71. The van der Waals surface area contributed by atoms with E-state index in [-0.39, 0.29) is 11.9 Å². The average Bonchev–Trinajstić information content (AvgIpc) is 3.19. The molecule has 5 heteroatoms. The summed E-state index contributed by atoms with van der Waals surface area (Å²) in [6.07, 6.45) is 0. The zero-order chi connectivity index (χ0) is 23.7. The van der Waals surface area contributed by atoms with Gasteiger partial charge in [0, 0.05) is 12.1 Å². The number of aromatic nitrogens is 2. The van der Waals surface area contributed by atoms with E-state index < -0.39 is 0 Å². The van der Waals surface area contributed by atoms with E-state index in [4.69, 9.17) is 9.72 Å². The van der Waals surface area contributed by atoms with Crippen molar-refractivity contribution in [3.63, 3.8) is 0 Å². The second-order valence-electron chi connectivity index (χ2n) is 8.71. The number of hydrogen-bond donors (Lipinski definition) is 1. The molecule has 0 fully saturated rings. The summed E-state index contributed by atoms with van der Waals surface area (Å²) in [6, 6.07) is 17.3. The highest BCUT2D eigenvalue weighted by Gasteiger charge is 2.21. The molecule has 0 radical (unpaired) electrons. The lowest BCUT2D eigenvalue weighted by Crippen LogP contribution is -2.29. The fourth-order valence-corrected chi connectivity index (χ4v) is 4.39. The summed E-state index contributed by atoms with van der Waals surface area (Å²) in [5.41, 5.74) is 9.04. The molecule has 0 saturated carbocycles. The number of hydrogen-bond acceptors (Lipinski definition) is 3. The topological polar surface area (TPSA) is 56.1 Å². The molecule has 0 saturated heterocycles. The van der Waals surface area contributed by atoms with E-state index in [1.165, 1.54) is 27.8 Å². The first kappa shape index (κ1) is 22.6. The largest absolute Gasteiger partial charge is 0.497 e. The molecule has 0 aliphatic heterocycles. The molecular formula is C28H31N3O2. The van der Waals surface area contributed by atoms with Gasteiger partial charge in [0.05, 0.1) is 24.2 Å². The third-order valence-electron chi connectivity index (χ3n) is 6.59. The van der Waals surface area contributed by atoms with Gasteiger partial charge < -0.3 is 14.6 Å². The van der Waals surface area contributed by atoms with Crippen LogP contribution in [0.1, 0.15) is 57.0 Å². The van der Waals surface area contributed by atoms with Crippen molar-refractivity contribution in [3.8, 4) is 5.75 Å². The fourth-order valence-electron chi connectivity index (χ4n) is 4.39. The van der Waals surface area contributed by atoms with Gasteiger partial charge in [0.2, 0.25) is 0 Å². The number of imidazole rings is 1. The lowest BCUT2D eigenvalue weighted by molar-refractivity contribution is 0.0937.